The highest BCUT2D eigenvalue weighted by molar-refractivity contribution is 4.83. The molecule has 0 radical (unpaired) electrons. The lowest BCUT2D eigenvalue weighted by Gasteiger charge is -1.97. The molecule has 0 unspecified atom stereocenters. The van der Waals surface area contributed by atoms with E-state index in [1.807, 2.05) is 6.08 Å². The van der Waals surface area contributed by atoms with Gasteiger partial charge in [-0.15, -0.1) is 6.58 Å². The second-order valence-electron chi connectivity index (χ2n) is 6.98. The predicted molar refractivity (Wildman–Crippen MR) is 124 cm³/mol. The number of allylic oxidation sites excluding steroid dienone is 7. The Morgan fingerprint density at radius 1 is 0.538 bits per heavy atom. The summed E-state index contributed by atoms with van der Waals surface area (Å²) in [5.74, 6) is 0. The average Bonchev–Trinajstić information content (AvgIpc) is 2.66. The molecule has 0 aromatic heterocycles. The van der Waals surface area contributed by atoms with E-state index in [9.17, 15) is 0 Å². The van der Waals surface area contributed by atoms with E-state index in [1.54, 1.807) is 0 Å². The SMILES string of the molecule is C/C=C/CCC/C=C/CC.C=CCCCC/C=C/CCCCCCCC. The maximum Gasteiger partial charge on any atom is -0.0348 e. The molecule has 0 N–H and O–H groups in total. The van der Waals surface area contributed by atoms with E-state index in [0.717, 1.165) is 0 Å². The van der Waals surface area contributed by atoms with E-state index in [-0.39, 0.29) is 0 Å². The Hall–Kier alpha value is -1.04. The van der Waals surface area contributed by atoms with Gasteiger partial charge in [-0.25, -0.2) is 0 Å². The van der Waals surface area contributed by atoms with Crippen molar-refractivity contribution in [3.63, 3.8) is 0 Å². The Bertz CT molecular complexity index is 319. The molecule has 152 valence electrons. The van der Waals surface area contributed by atoms with Gasteiger partial charge in [-0.05, 0) is 71.1 Å². The summed E-state index contributed by atoms with van der Waals surface area (Å²) in [6.07, 6.45) is 35.3. The fourth-order valence-electron chi connectivity index (χ4n) is 2.63. The largest absolute Gasteiger partial charge is 0.103 e. The Morgan fingerprint density at radius 2 is 1.04 bits per heavy atom. The van der Waals surface area contributed by atoms with Crippen LogP contribution in [0.25, 0.3) is 0 Å². The third-order valence-electron chi connectivity index (χ3n) is 4.30. The van der Waals surface area contributed by atoms with Gasteiger partial charge in [0.25, 0.3) is 0 Å². The van der Waals surface area contributed by atoms with Crippen LogP contribution in [-0.4, -0.2) is 0 Å². The quantitative estimate of drug-likeness (QED) is 0.179. The highest BCUT2D eigenvalue weighted by atomic mass is 13.9. The van der Waals surface area contributed by atoms with Crippen LogP contribution in [0.1, 0.15) is 117 Å². The van der Waals surface area contributed by atoms with E-state index >= 15 is 0 Å². The summed E-state index contributed by atoms with van der Waals surface area (Å²) in [6.45, 7) is 10.2. The summed E-state index contributed by atoms with van der Waals surface area (Å²) < 4.78 is 0. The summed E-state index contributed by atoms with van der Waals surface area (Å²) in [6, 6.07) is 0. The Morgan fingerprint density at radius 3 is 1.65 bits per heavy atom. The van der Waals surface area contributed by atoms with Gasteiger partial charge < -0.3 is 0 Å². The van der Waals surface area contributed by atoms with Gasteiger partial charge in [-0.3, -0.25) is 0 Å². The molecule has 0 heteroatoms. The number of rotatable bonds is 17. The molecule has 0 aliphatic heterocycles. The highest BCUT2D eigenvalue weighted by Gasteiger charge is 1.88. The van der Waals surface area contributed by atoms with E-state index in [0.29, 0.717) is 0 Å². The average molecular weight is 361 g/mol. The highest BCUT2D eigenvalue weighted by Crippen LogP contribution is 2.08. The number of hydrogen-bond donors (Lipinski definition) is 0. The normalized spacial score (nSPS) is 11.3. The maximum absolute atomic E-state index is 3.73. The zero-order valence-electron chi connectivity index (χ0n) is 18.4. The third-order valence-corrected chi connectivity index (χ3v) is 4.30. The number of hydrogen-bond acceptors (Lipinski definition) is 0. The molecule has 26 heavy (non-hydrogen) atoms. The summed E-state index contributed by atoms with van der Waals surface area (Å²) >= 11 is 0. The molecule has 0 aromatic rings. The van der Waals surface area contributed by atoms with Crippen LogP contribution in [0.15, 0.2) is 49.1 Å². The first-order valence-corrected chi connectivity index (χ1v) is 11.3. The van der Waals surface area contributed by atoms with Crippen molar-refractivity contribution >= 4 is 0 Å². The van der Waals surface area contributed by atoms with Gasteiger partial charge in [0.2, 0.25) is 0 Å². The maximum atomic E-state index is 3.73. The second-order valence-corrected chi connectivity index (χ2v) is 6.98. The van der Waals surface area contributed by atoms with Crippen molar-refractivity contribution in [1.82, 2.24) is 0 Å². The lowest BCUT2D eigenvalue weighted by Crippen LogP contribution is -1.77. The molecule has 0 amide bonds. The second kappa shape index (κ2) is 28.8. The minimum absolute atomic E-state index is 1.17. The molecule has 0 aliphatic rings. The van der Waals surface area contributed by atoms with Gasteiger partial charge in [0.15, 0.2) is 0 Å². The molecule has 0 saturated heterocycles. The van der Waals surface area contributed by atoms with Gasteiger partial charge in [-0.2, -0.15) is 0 Å². The summed E-state index contributed by atoms with van der Waals surface area (Å²) in [7, 11) is 0. The van der Waals surface area contributed by atoms with Crippen molar-refractivity contribution in [3.8, 4) is 0 Å². The van der Waals surface area contributed by atoms with Crippen molar-refractivity contribution < 1.29 is 0 Å². The van der Waals surface area contributed by atoms with Crippen LogP contribution in [0, 0.1) is 0 Å². The molecule has 0 aromatic carbocycles. The minimum atomic E-state index is 1.17. The zero-order valence-corrected chi connectivity index (χ0v) is 18.4. The van der Waals surface area contributed by atoms with E-state index in [4.69, 9.17) is 0 Å². The topological polar surface area (TPSA) is 0 Å². The van der Waals surface area contributed by atoms with E-state index < -0.39 is 0 Å². The van der Waals surface area contributed by atoms with Gasteiger partial charge >= 0.3 is 0 Å². The molecule has 0 nitrogen and oxygen atoms in total. The fourth-order valence-corrected chi connectivity index (χ4v) is 2.63. The molecular formula is C26H48. The third kappa shape index (κ3) is 30.8. The molecule has 0 aliphatic carbocycles. The smallest absolute Gasteiger partial charge is 0.0348 e. The summed E-state index contributed by atoms with van der Waals surface area (Å²) in [4.78, 5) is 0. The van der Waals surface area contributed by atoms with Gasteiger partial charge in [0.05, 0.1) is 0 Å². The molecule has 0 rings (SSSR count). The van der Waals surface area contributed by atoms with Gasteiger partial charge in [0, 0.05) is 0 Å². The molecule has 0 bridgehead atoms. The van der Waals surface area contributed by atoms with Crippen LogP contribution in [-0.2, 0) is 0 Å². The van der Waals surface area contributed by atoms with E-state index in [2.05, 4.69) is 63.8 Å². The first kappa shape index (κ1) is 27.2. The first-order valence-electron chi connectivity index (χ1n) is 11.3. The zero-order chi connectivity index (χ0) is 19.6. The predicted octanol–water partition coefficient (Wildman–Crippen LogP) is 9.74. The molecule has 0 heterocycles. The van der Waals surface area contributed by atoms with Crippen molar-refractivity contribution in [2.24, 2.45) is 0 Å². The number of unbranched alkanes of at least 4 members (excludes halogenated alkanes) is 11. The minimum Gasteiger partial charge on any atom is -0.103 e. The van der Waals surface area contributed by atoms with Crippen LogP contribution in [0.5, 0.6) is 0 Å². The lowest BCUT2D eigenvalue weighted by molar-refractivity contribution is 0.611. The van der Waals surface area contributed by atoms with Crippen molar-refractivity contribution in [1.29, 1.82) is 0 Å². The Kier molecular flexibility index (Phi) is 30.1. The summed E-state index contributed by atoms with van der Waals surface area (Å²) in [5, 5.41) is 0. The van der Waals surface area contributed by atoms with Crippen LogP contribution >= 0.6 is 0 Å². The molecule has 0 spiro atoms. The standard InChI is InChI=1S/C16H30.C10H18/c1-3-5-7-9-11-13-15-16-14-12-10-8-6-4-2;1-3-5-7-9-10-8-6-4-2/h3,13,15H,1,4-12,14,16H2,2H3;3,5-6,8H,4,7,9-10H2,1-2H3/b15-13+;5-3+,8-6+. The first-order chi connectivity index (χ1) is 12.8. The fraction of sp³-hybridized carbons (Fsp3) is 0.692. The molecule has 0 saturated carbocycles. The van der Waals surface area contributed by atoms with E-state index in [1.165, 1.54) is 96.3 Å². The Balaban J connectivity index is 0. The van der Waals surface area contributed by atoms with Crippen LogP contribution < -0.4 is 0 Å². The van der Waals surface area contributed by atoms with Gasteiger partial charge in [-0.1, -0.05) is 88.5 Å². The molecule has 0 fully saturated rings. The monoisotopic (exact) mass is 360 g/mol. The van der Waals surface area contributed by atoms with Crippen molar-refractivity contribution in [2.75, 3.05) is 0 Å². The summed E-state index contributed by atoms with van der Waals surface area (Å²) in [5.41, 5.74) is 0. The molecule has 0 atom stereocenters. The van der Waals surface area contributed by atoms with Crippen molar-refractivity contribution in [3.05, 3.63) is 49.1 Å². The van der Waals surface area contributed by atoms with Crippen molar-refractivity contribution in [2.45, 2.75) is 117 Å². The lowest BCUT2D eigenvalue weighted by atomic mass is 10.1. The van der Waals surface area contributed by atoms with Crippen LogP contribution in [0.2, 0.25) is 0 Å². The van der Waals surface area contributed by atoms with Gasteiger partial charge in [0.1, 0.15) is 0 Å². The molecular weight excluding hydrogens is 312 g/mol. The Labute approximate surface area is 166 Å². The van der Waals surface area contributed by atoms with Crippen LogP contribution in [0.3, 0.4) is 0 Å². The van der Waals surface area contributed by atoms with Crippen LogP contribution in [0.4, 0.5) is 0 Å².